The van der Waals surface area contributed by atoms with Crippen molar-refractivity contribution in [2.75, 3.05) is 13.2 Å². The van der Waals surface area contributed by atoms with E-state index >= 15 is 0 Å². The van der Waals surface area contributed by atoms with Crippen LogP contribution >= 0.6 is 0 Å². The van der Waals surface area contributed by atoms with Crippen molar-refractivity contribution < 1.29 is 33.4 Å². The first-order chi connectivity index (χ1) is 14.4. The van der Waals surface area contributed by atoms with Crippen LogP contribution < -0.4 is 0 Å². The summed E-state index contributed by atoms with van der Waals surface area (Å²) in [5.74, 6) is -1.66. The Labute approximate surface area is 174 Å². The molecular formula is C21H26N2O7. The van der Waals surface area contributed by atoms with E-state index in [1.165, 1.54) is 16.7 Å². The van der Waals surface area contributed by atoms with Crippen molar-refractivity contribution in [3.05, 3.63) is 35.9 Å². The van der Waals surface area contributed by atoms with Gasteiger partial charge in [-0.15, -0.1) is 0 Å². The molecule has 2 saturated heterocycles. The van der Waals surface area contributed by atoms with Gasteiger partial charge < -0.3 is 14.2 Å². The summed E-state index contributed by atoms with van der Waals surface area (Å²) in [5.41, 5.74) is 0.819. The topological polar surface area (TPSA) is 102 Å². The minimum absolute atomic E-state index is 0.0641. The molecule has 0 N–H and O–H groups in total. The van der Waals surface area contributed by atoms with E-state index in [0.29, 0.717) is 19.3 Å². The molecule has 0 radical (unpaired) electrons. The van der Waals surface area contributed by atoms with Crippen molar-refractivity contribution in [2.45, 2.75) is 58.0 Å². The minimum Gasteiger partial charge on any atom is -0.465 e. The van der Waals surface area contributed by atoms with Crippen LogP contribution in [0.3, 0.4) is 0 Å². The van der Waals surface area contributed by atoms with Crippen LogP contribution in [0.15, 0.2) is 30.3 Å². The van der Waals surface area contributed by atoms with Crippen molar-refractivity contribution in [3.63, 3.8) is 0 Å². The molecule has 1 unspecified atom stereocenters. The van der Waals surface area contributed by atoms with Crippen LogP contribution in [0.2, 0.25) is 0 Å². The first-order valence-corrected chi connectivity index (χ1v) is 10.0. The van der Waals surface area contributed by atoms with Gasteiger partial charge in [-0.1, -0.05) is 30.3 Å². The number of benzene rings is 1. The van der Waals surface area contributed by atoms with Gasteiger partial charge in [-0.3, -0.25) is 24.2 Å². The lowest BCUT2D eigenvalue weighted by Gasteiger charge is -2.51. The lowest BCUT2D eigenvalue weighted by Crippen LogP contribution is -2.71. The number of rotatable bonds is 6. The van der Waals surface area contributed by atoms with E-state index in [9.17, 15) is 19.2 Å². The van der Waals surface area contributed by atoms with Gasteiger partial charge >= 0.3 is 18.0 Å². The third kappa shape index (κ3) is 4.72. The fourth-order valence-corrected chi connectivity index (χ4v) is 3.96. The molecule has 2 fully saturated rings. The molecule has 0 saturated carbocycles. The van der Waals surface area contributed by atoms with Gasteiger partial charge in [0, 0.05) is 6.92 Å². The quantitative estimate of drug-likeness (QED) is 0.513. The maximum absolute atomic E-state index is 13.1. The molecule has 30 heavy (non-hydrogen) atoms. The molecular weight excluding hydrogens is 392 g/mol. The van der Waals surface area contributed by atoms with Crippen molar-refractivity contribution in [1.82, 2.24) is 9.80 Å². The number of hydrogen-bond donors (Lipinski definition) is 0. The first kappa shape index (κ1) is 21.6. The number of amides is 2. The van der Waals surface area contributed by atoms with Crippen molar-refractivity contribution in [2.24, 2.45) is 0 Å². The Balaban J connectivity index is 1.81. The average molecular weight is 418 g/mol. The largest absolute Gasteiger partial charge is 0.465 e. The summed E-state index contributed by atoms with van der Waals surface area (Å²) in [6.07, 6.45) is -0.0622. The molecule has 162 valence electrons. The van der Waals surface area contributed by atoms with Gasteiger partial charge in [-0.2, -0.15) is 0 Å². The minimum atomic E-state index is -1.07. The molecule has 1 aromatic carbocycles. The number of likely N-dealkylation sites (tertiary alicyclic amines) is 1. The molecule has 2 aliphatic rings. The van der Waals surface area contributed by atoms with Gasteiger partial charge in [0.15, 0.2) is 6.23 Å². The highest BCUT2D eigenvalue weighted by atomic mass is 16.6. The van der Waals surface area contributed by atoms with E-state index < -0.39 is 42.3 Å². The molecule has 2 heterocycles. The van der Waals surface area contributed by atoms with Gasteiger partial charge in [0.05, 0.1) is 12.6 Å². The van der Waals surface area contributed by atoms with Gasteiger partial charge in [-0.05, 0) is 31.7 Å². The van der Waals surface area contributed by atoms with E-state index in [0.717, 1.165) is 5.56 Å². The van der Waals surface area contributed by atoms with E-state index in [2.05, 4.69) is 0 Å². The van der Waals surface area contributed by atoms with Crippen molar-refractivity contribution >= 4 is 23.9 Å². The lowest BCUT2D eigenvalue weighted by molar-refractivity contribution is -0.193. The maximum atomic E-state index is 13.1. The van der Waals surface area contributed by atoms with Crippen molar-refractivity contribution in [1.29, 1.82) is 0 Å². The molecule has 2 aliphatic heterocycles. The third-order valence-electron chi connectivity index (χ3n) is 5.18. The van der Waals surface area contributed by atoms with E-state index in [1.807, 2.05) is 30.3 Å². The monoisotopic (exact) mass is 418 g/mol. The Morgan fingerprint density at radius 2 is 1.83 bits per heavy atom. The van der Waals surface area contributed by atoms with Crippen molar-refractivity contribution in [3.8, 4) is 0 Å². The lowest BCUT2D eigenvalue weighted by atomic mass is 9.89. The molecule has 2 amide bonds. The summed E-state index contributed by atoms with van der Waals surface area (Å²) in [5, 5.41) is 0. The second-order valence-electron chi connectivity index (χ2n) is 7.23. The van der Waals surface area contributed by atoms with Gasteiger partial charge in [0.25, 0.3) is 0 Å². The zero-order chi connectivity index (χ0) is 21.7. The van der Waals surface area contributed by atoms with Gasteiger partial charge in [0.2, 0.25) is 5.91 Å². The number of fused-ring (bicyclic) bond motifs is 2. The molecule has 2 bridgehead atoms. The fraction of sp³-hybridized carbons (Fsp3) is 0.524. The summed E-state index contributed by atoms with van der Waals surface area (Å²) >= 11 is 0. The molecule has 9 heteroatoms. The number of ether oxygens (including phenoxy) is 3. The number of esters is 2. The Morgan fingerprint density at radius 1 is 1.10 bits per heavy atom. The number of piperazine rings is 1. The predicted octanol–water partition coefficient (Wildman–Crippen LogP) is 1.84. The van der Waals surface area contributed by atoms with E-state index in [-0.39, 0.29) is 19.8 Å². The summed E-state index contributed by atoms with van der Waals surface area (Å²) in [7, 11) is 0. The SMILES string of the molecule is CCOC(=O)CN1C(=O)[C@H]2CCC[C@H](C1OC(C)=O)N2C(=O)OCc1ccccc1. The van der Waals surface area contributed by atoms with E-state index in [1.54, 1.807) is 6.92 Å². The first-order valence-electron chi connectivity index (χ1n) is 10.0. The smallest absolute Gasteiger partial charge is 0.411 e. The van der Waals surface area contributed by atoms with Crippen LogP contribution in [0.5, 0.6) is 0 Å². The average Bonchev–Trinajstić information content (AvgIpc) is 2.73. The highest BCUT2D eigenvalue weighted by Gasteiger charge is 2.53. The summed E-state index contributed by atoms with van der Waals surface area (Å²) in [6.45, 7) is 2.78. The molecule has 0 aliphatic carbocycles. The standard InChI is InChI=1S/C21H26N2O7/c1-3-28-18(25)12-22-19(26)16-10-7-11-17(20(22)30-14(2)24)23(16)21(27)29-13-15-8-5-4-6-9-15/h4-6,8-9,16-17,20H,3,7,10-13H2,1-2H3/t16-,17-,20?/m1/s1. The third-order valence-corrected chi connectivity index (χ3v) is 5.18. The highest BCUT2D eigenvalue weighted by molar-refractivity contribution is 5.90. The Bertz CT molecular complexity index is 798. The number of hydrogen-bond acceptors (Lipinski definition) is 7. The second kappa shape index (κ2) is 9.60. The van der Waals surface area contributed by atoms with Crippen LogP contribution in [0.4, 0.5) is 4.79 Å². The molecule has 9 nitrogen and oxygen atoms in total. The number of carbonyl (C=O) groups is 4. The Hall–Kier alpha value is -3.10. The summed E-state index contributed by atoms with van der Waals surface area (Å²) in [6, 6.07) is 7.84. The van der Waals surface area contributed by atoms with Crippen LogP contribution in [0.1, 0.15) is 38.7 Å². The zero-order valence-corrected chi connectivity index (χ0v) is 17.1. The van der Waals surface area contributed by atoms with Gasteiger partial charge in [-0.25, -0.2) is 4.79 Å². The molecule has 3 atom stereocenters. The number of nitrogens with zero attached hydrogens (tertiary/aromatic N) is 2. The predicted molar refractivity (Wildman–Crippen MR) is 104 cm³/mol. The fourth-order valence-electron chi connectivity index (χ4n) is 3.96. The molecule has 0 aromatic heterocycles. The molecule has 1 aromatic rings. The molecule has 3 rings (SSSR count). The number of piperidine rings is 1. The zero-order valence-electron chi connectivity index (χ0n) is 17.1. The van der Waals surface area contributed by atoms with Crippen LogP contribution in [-0.2, 0) is 35.2 Å². The maximum Gasteiger partial charge on any atom is 0.411 e. The normalized spacial score (nSPS) is 23.0. The van der Waals surface area contributed by atoms with Gasteiger partial charge in [0.1, 0.15) is 19.2 Å². The van der Waals surface area contributed by atoms with Crippen LogP contribution in [0.25, 0.3) is 0 Å². The summed E-state index contributed by atoms with van der Waals surface area (Å²) < 4.78 is 15.8. The van der Waals surface area contributed by atoms with E-state index in [4.69, 9.17) is 14.2 Å². The van der Waals surface area contributed by atoms with Crippen LogP contribution in [-0.4, -0.2) is 65.2 Å². The highest BCUT2D eigenvalue weighted by Crippen LogP contribution is 2.35. The summed E-state index contributed by atoms with van der Waals surface area (Å²) in [4.78, 5) is 52.3. The number of carbonyl (C=O) groups excluding carboxylic acids is 4. The molecule has 0 spiro atoms. The Kier molecular flexibility index (Phi) is 6.91. The second-order valence-corrected chi connectivity index (χ2v) is 7.23. The van der Waals surface area contributed by atoms with Crippen LogP contribution in [0, 0.1) is 0 Å². The Morgan fingerprint density at radius 3 is 2.50 bits per heavy atom.